The molecule has 1 unspecified atom stereocenters. The summed E-state index contributed by atoms with van der Waals surface area (Å²) in [5.41, 5.74) is 2.11. The van der Waals surface area contributed by atoms with Crippen molar-refractivity contribution < 1.29 is 14.7 Å². The smallest absolute Gasteiger partial charge is 0.317 e. The number of aliphatic carboxylic acids is 1. The number of amides is 2. The quantitative estimate of drug-likeness (QED) is 0.869. The fourth-order valence-corrected chi connectivity index (χ4v) is 3.07. The fourth-order valence-electron chi connectivity index (χ4n) is 3.07. The molecule has 1 fully saturated rings. The van der Waals surface area contributed by atoms with Crippen molar-refractivity contribution in [1.29, 1.82) is 0 Å². The number of carboxylic acid groups (broad SMARTS) is 1. The zero-order chi connectivity index (χ0) is 17.6. The average molecular weight is 342 g/mol. The van der Waals surface area contributed by atoms with Crippen molar-refractivity contribution in [2.75, 3.05) is 13.1 Å². The number of aromatic nitrogens is 2. The third kappa shape index (κ3) is 4.59. The monoisotopic (exact) mass is 342 g/mol. The van der Waals surface area contributed by atoms with Crippen molar-refractivity contribution >= 4 is 12.0 Å². The second kappa shape index (κ2) is 7.83. The first kappa shape index (κ1) is 17.0. The van der Waals surface area contributed by atoms with Crippen molar-refractivity contribution in [2.24, 2.45) is 5.92 Å². The summed E-state index contributed by atoms with van der Waals surface area (Å²) in [7, 11) is 0. The van der Waals surface area contributed by atoms with Crippen LogP contribution >= 0.6 is 0 Å². The molecule has 25 heavy (non-hydrogen) atoms. The van der Waals surface area contributed by atoms with Crippen molar-refractivity contribution in [3.05, 3.63) is 53.9 Å². The van der Waals surface area contributed by atoms with Gasteiger partial charge in [0.05, 0.1) is 12.5 Å². The summed E-state index contributed by atoms with van der Waals surface area (Å²) in [6.45, 7) is 1.98. The number of hydrogen-bond acceptors (Lipinski definition) is 3. The zero-order valence-corrected chi connectivity index (χ0v) is 14.0. The molecule has 132 valence electrons. The Kier molecular flexibility index (Phi) is 5.33. The van der Waals surface area contributed by atoms with E-state index in [1.807, 2.05) is 41.2 Å². The van der Waals surface area contributed by atoms with Gasteiger partial charge < -0.3 is 15.3 Å². The van der Waals surface area contributed by atoms with Gasteiger partial charge in [-0.1, -0.05) is 24.3 Å². The lowest BCUT2D eigenvalue weighted by molar-refractivity contribution is -0.143. The van der Waals surface area contributed by atoms with E-state index < -0.39 is 11.9 Å². The van der Waals surface area contributed by atoms with E-state index in [1.54, 1.807) is 11.1 Å². The van der Waals surface area contributed by atoms with E-state index in [0.717, 1.165) is 17.5 Å². The largest absolute Gasteiger partial charge is 0.481 e. The minimum Gasteiger partial charge on any atom is -0.481 e. The summed E-state index contributed by atoms with van der Waals surface area (Å²) < 4.78 is 1.84. The van der Waals surface area contributed by atoms with Gasteiger partial charge in [0.15, 0.2) is 0 Å². The highest BCUT2D eigenvalue weighted by molar-refractivity contribution is 5.76. The molecule has 2 aromatic rings. The highest BCUT2D eigenvalue weighted by Crippen LogP contribution is 2.16. The molecule has 2 amide bonds. The molecule has 1 saturated heterocycles. The molecule has 1 aromatic carbocycles. The Morgan fingerprint density at radius 1 is 1.28 bits per heavy atom. The number of carbonyl (C=O) groups excluding carboxylic acids is 1. The number of urea groups is 1. The Hall–Kier alpha value is -2.83. The first-order valence-corrected chi connectivity index (χ1v) is 8.42. The van der Waals surface area contributed by atoms with E-state index in [0.29, 0.717) is 26.1 Å². The van der Waals surface area contributed by atoms with Crippen LogP contribution in [0.1, 0.15) is 24.0 Å². The molecule has 3 rings (SSSR count). The van der Waals surface area contributed by atoms with Crippen LogP contribution in [0, 0.1) is 5.92 Å². The van der Waals surface area contributed by atoms with Crippen LogP contribution in [0.25, 0.3) is 0 Å². The molecule has 1 aliphatic heterocycles. The first-order chi connectivity index (χ1) is 12.1. The van der Waals surface area contributed by atoms with E-state index >= 15 is 0 Å². The molecule has 0 bridgehead atoms. The van der Waals surface area contributed by atoms with Crippen LogP contribution in [0.3, 0.4) is 0 Å². The molecule has 7 nitrogen and oxygen atoms in total. The topological polar surface area (TPSA) is 87.5 Å². The molecule has 1 atom stereocenters. The van der Waals surface area contributed by atoms with Gasteiger partial charge >= 0.3 is 12.0 Å². The number of likely N-dealkylation sites (tertiary alicyclic amines) is 1. The van der Waals surface area contributed by atoms with E-state index in [-0.39, 0.29) is 12.6 Å². The van der Waals surface area contributed by atoms with E-state index in [9.17, 15) is 9.59 Å². The Labute approximate surface area is 146 Å². The van der Waals surface area contributed by atoms with Gasteiger partial charge in [-0.05, 0) is 30.0 Å². The summed E-state index contributed by atoms with van der Waals surface area (Å²) in [6, 6.07) is 9.66. The minimum atomic E-state index is -0.830. The molecule has 2 heterocycles. The second-order valence-electron chi connectivity index (χ2n) is 6.31. The highest BCUT2D eigenvalue weighted by atomic mass is 16.4. The lowest BCUT2D eigenvalue weighted by Crippen LogP contribution is -2.46. The summed E-state index contributed by atoms with van der Waals surface area (Å²) >= 11 is 0. The van der Waals surface area contributed by atoms with Gasteiger partial charge in [-0.15, -0.1) is 0 Å². The number of hydrogen-bond donors (Lipinski definition) is 2. The van der Waals surface area contributed by atoms with E-state index in [1.165, 1.54) is 0 Å². The molecule has 1 aromatic heterocycles. The molecule has 2 N–H and O–H groups in total. The predicted octanol–water partition coefficient (Wildman–Crippen LogP) is 1.94. The summed E-state index contributed by atoms with van der Waals surface area (Å²) in [5.74, 6) is -1.29. The summed E-state index contributed by atoms with van der Waals surface area (Å²) in [4.78, 5) is 25.0. The zero-order valence-electron chi connectivity index (χ0n) is 14.0. The van der Waals surface area contributed by atoms with Crippen LogP contribution in [-0.2, 0) is 17.9 Å². The molecule has 0 spiro atoms. The van der Waals surface area contributed by atoms with Crippen molar-refractivity contribution in [1.82, 2.24) is 20.0 Å². The van der Waals surface area contributed by atoms with Gasteiger partial charge in [0.25, 0.3) is 0 Å². The van der Waals surface area contributed by atoms with Gasteiger partial charge in [-0.3, -0.25) is 9.48 Å². The summed E-state index contributed by atoms with van der Waals surface area (Å²) in [5, 5.41) is 16.2. The SMILES string of the molecule is O=C(O)C1CCCN(C(=O)NCc2cccc(Cn3cccn3)c2)C1. The average Bonchev–Trinajstić information content (AvgIpc) is 3.13. The van der Waals surface area contributed by atoms with Crippen LogP contribution in [0.15, 0.2) is 42.7 Å². The van der Waals surface area contributed by atoms with Gasteiger partial charge in [0.1, 0.15) is 0 Å². The van der Waals surface area contributed by atoms with Crippen LogP contribution in [0.2, 0.25) is 0 Å². The molecule has 1 aliphatic rings. The number of rotatable bonds is 5. The number of nitrogens with zero attached hydrogens (tertiary/aromatic N) is 3. The third-order valence-electron chi connectivity index (χ3n) is 4.40. The maximum Gasteiger partial charge on any atom is 0.317 e. The van der Waals surface area contributed by atoms with Gasteiger partial charge in [0.2, 0.25) is 0 Å². The van der Waals surface area contributed by atoms with Crippen LogP contribution in [0.5, 0.6) is 0 Å². The van der Waals surface area contributed by atoms with Crippen LogP contribution in [0.4, 0.5) is 4.79 Å². The fraction of sp³-hybridized carbons (Fsp3) is 0.389. The normalized spacial score (nSPS) is 17.3. The van der Waals surface area contributed by atoms with Crippen molar-refractivity contribution in [3.63, 3.8) is 0 Å². The number of carboxylic acids is 1. The van der Waals surface area contributed by atoms with Crippen molar-refractivity contribution in [2.45, 2.75) is 25.9 Å². The van der Waals surface area contributed by atoms with Gasteiger partial charge in [-0.2, -0.15) is 5.10 Å². The van der Waals surface area contributed by atoms with E-state index in [2.05, 4.69) is 10.4 Å². The molecular weight excluding hydrogens is 320 g/mol. The van der Waals surface area contributed by atoms with Crippen molar-refractivity contribution in [3.8, 4) is 0 Å². The Balaban J connectivity index is 1.54. The lowest BCUT2D eigenvalue weighted by Gasteiger charge is -2.30. The standard InChI is InChI=1S/C18H22N4O3/c23-17(24)16-6-2-8-21(13-16)18(25)19-11-14-4-1-5-15(10-14)12-22-9-3-7-20-22/h1,3-5,7,9-10,16H,2,6,8,11-13H2,(H,19,25)(H,23,24). The minimum absolute atomic E-state index is 0.205. The molecule has 0 radical (unpaired) electrons. The van der Waals surface area contributed by atoms with Gasteiger partial charge in [-0.25, -0.2) is 4.79 Å². The maximum absolute atomic E-state index is 12.3. The number of carbonyl (C=O) groups is 2. The Morgan fingerprint density at radius 3 is 2.88 bits per heavy atom. The van der Waals surface area contributed by atoms with E-state index in [4.69, 9.17) is 5.11 Å². The van der Waals surface area contributed by atoms with Crippen LogP contribution < -0.4 is 5.32 Å². The predicted molar refractivity (Wildman–Crippen MR) is 91.9 cm³/mol. The molecule has 7 heteroatoms. The summed E-state index contributed by atoms with van der Waals surface area (Å²) in [6.07, 6.45) is 5.01. The maximum atomic E-state index is 12.3. The molecule has 0 aliphatic carbocycles. The van der Waals surface area contributed by atoms with Gasteiger partial charge in [0, 0.05) is 32.0 Å². The number of nitrogens with one attached hydrogen (secondary N) is 1. The highest BCUT2D eigenvalue weighted by Gasteiger charge is 2.27. The molecular formula is C18H22N4O3. The third-order valence-corrected chi connectivity index (χ3v) is 4.40. The lowest BCUT2D eigenvalue weighted by atomic mass is 9.99. The first-order valence-electron chi connectivity index (χ1n) is 8.42. The Bertz CT molecular complexity index is 730. The van der Waals surface area contributed by atoms with Crippen LogP contribution in [-0.4, -0.2) is 44.9 Å². The number of piperidine rings is 1. The number of benzene rings is 1. The second-order valence-corrected chi connectivity index (χ2v) is 6.31. The Morgan fingerprint density at radius 2 is 2.12 bits per heavy atom. The molecule has 0 saturated carbocycles.